The van der Waals surface area contributed by atoms with Crippen LogP contribution in [0, 0.1) is 0 Å². The number of hydrogen-bond acceptors (Lipinski definition) is 2. The normalized spacial score (nSPS) is 13.1. The second-order valence-electron chi connectivity index (χ2n) is 3.23. The van der Waals surface area contributed by atoms with Crippen LogP contribution in [0.4, 0.5) is 8.78 Å². The number of benzene rings is 1. The lowest BCUT2D eigenvalue weighted by Crippen LogP contribution is -2.17. The molecule has 4 heteroatoms. The van der Waals surface area contributed by atoms with E-state index in [1.54, 1.807) is 6.07 Å². The van der Waals surface area contributed by atoms with E-state index < -0.39 is 5.76 Å². The highest BCUT2D eigenvalue weighted by Gasteiger charge is 2.08. The van der Waals surface area contributed by atoms with Crippen molar-refractivity contribution in [2.75, 3.05) is 6.54 Å². The summed E-state index contributed by atoms with van der Waals surface area (Å²) in [4.78, 5) is 0.618. The lowest BCUT2D eigenvalue weighted by atomic mass is 10.1. The Morgan fingerprint density at radius 1 is 1.40 bits per heavy atom. The first-order valence-corrected chi connectivity index (χ1v) is 5.79. The fourth-order valence-corrected chi connectivity index (χ4v) is 1.95. The van der Waals surface area contributed by atoms with E-state index in [2.05, 4.69) is 5.32 Å². The quantitative estimate of drug-likeness (QED) is 0.776. The van der Waals surface area contributed by atoms with Gasteiger partial charge >= 0.3 is 0 Å². The van der Waals surface area contributed by atoms with Gasteiger partial charge in [0, 0.05) is 10.9 Å². The van der Waals surface area contributed by atoms with Crippen LogP contribution in [0.25, 0.3) is 0 Å². The first-order valence-electron chi connectivity index (χ1n) is 4.91. The smallest absolute Gasteiger partial charge is 0.288 e. The van der Waals surface area contributed by atoms with E-state index in [0.717, 1.165) is 12.1 Å². The highest BCUT2D eigenvalue weighted by molar-refractivity contribution is 7.99. The third-order valence-corrected chi connectivity index (χ3v) is 2.80. The Labute approximate surface area is 93.3 Å². The van der Waals surface area contributed by atoms with Gasteiger partial charge in [-0.25, -0.2) is 0 Å². The summed E-state index contributed by atoms with van der Waals surface area (Å²) in [7, 11) is 0. The van der Waals surface area contributed by atoms with Gasteiger partial charge in [-0.2, -0.15) is 8.78 Å². The van der Waals surface area contributed by atoms with E-state index in [1.807, 2.05) is 32.0 Å². The minimum absolute atomic E-state index is 0.202. The van der Waals surface area contributed by atoms with E-state index in [0.29, 0.717) is 16.7 Å². The van der Waals surface area contributed by atoms with E-state index in [1.165, 1.54) is 0 Å². The van der Waals surface area contributed by atoms with Gasteiger partial charge in [0.15, 0.2) is 0 Å². The molecule has 0 aliphatic rings. The second-order valence-corrected chi connectivity index (χ2v) is 4.29. The van der Waals surface area contributed by atoms with Crippen LogP contribution in [0.15, 0.2) is 29.2 Å². The summed E-state index contributed by atoms with van der Waals surface area (Å²) in [6.07, 6.45) is 0. The number of thioether (sulfide) groups is 1. The molecular formula is C11H15F2NS. The van der Waals surface area contributed by atoms with Gasteiger partial charge in [0.2, 0.25) is 0 Å². The molecule has 0 aliphatic carbocycles. The zero-order valence-electron chi connectivity index (χ0n) is 8.84. The molecule has 15 heavy (non-hydrogen) atoms. The lowest BCUT2D eigenvalue weighted by molar-refractivity contribution is 0.252. The summed E-state index contributed by atoms with van der Waals surface area (Å²) in [6.45, 7) is 4.91. The molecule has 0 aliphatic heterocycles. The summed E-state index contributed by atoms with van der Waals surface area (Å²) in [5.41, 5.74) is 1.04. The van der Waals surface area contributed by atoms with Gasteiger partial charge in [0.1, 0.15) is 0 Å². The fraction of sp³-hybridized carbons (Fsp3) is 0.455. The molecular weight excluding hydrogens is 216 g/mol. The van der Waals surface area contributed by atoms with Gasteiger partial charge in [-0.05, 0) is 31.2 Å². The number of halogens is 2. The highest BCUT2D eigenvalue weighted by Crippen LogP contribution is 2.27. The molecule has 0 spiro atoms. The molecule has 1 unspecified atom stereocenters. The Morgan fingerprint density at radius 2 is 2.13 bits per heavy atom. The van der Waals surface area contributed by atoms with Crippen molar-refractivity contribution < 1.29 is 8.78 Å². The van der Waals surface area contributed by atoms with Gasteiger partial charge in [-0.15, -0.1) is 0 Å². The Balaban J connectivity index is 2.73. The van der Waals surface area contributed by atoms with Crippen molar-refractivity contribution in [1.29, 1.82) is 0 Å². The molecule has 0 saturated carbocycles. The van der Waals surface area contributed by atoms with Gasteiger partial charge < -0.3 is 5.32 Å². The SMILES string of the molecule is CCNC(C)c1cccc(SC(F)F)c1. The van der Waals surface area contributed by atoms with Crippen LogP contribution >= 0.6 is 11.8 Å². The Morgan fingerprint density at radius 3 is 2.73 bits per heavy atom. The van der Waals surface area contributed by atoms with Crippen molar-refractivity contribution in [2.45, 2.75) is 30.5 Å². The third-order valence-electron chi connectivity index (χ3n) is 2.09. The van der Waals surface area contributed by atoms with Crippen molar-refractivity contribution in [3.05, 3.63) is 29.8 Å². The molecule has 1 rings (SSSR count). The van der Waals surface area contributed by atoms with Crippen LogP contribution in [0.1, 0.15) is 25.5 Å². The molecule has 0 radical (unpaired) electrons. The van der Waals surface area contributed by atoms with Crippen LogP contribution in [0.3, 0.4) is 0 Å². The lowest BCUT2D eigenvalue weighted by Gasteiger charge is -2.13. The summed E-state index contributed by atoms with van der Waals surface area (Å²) >= 11 is 0.587. The van der Waals surface area contributed by atoms with Gasteiger partial charge in [-0.3, -0.25) is 0 Å². The minimum Gasteiger partial charge on any atom is -0.310 e. The largest absolute Gasteiger partial charge is 0.310 e. The van der Waals surface area contributed by atoms with Crippen molar-refractivity contribution in [2.24, 2.45) is 0 Å². The average molecular weight is 231 g/mol. The summed E-state index contributed by atoms with van der Waals surface area (Å²) < 4.78 is 24.3. The van der Waals surface area contributed by atoms with Crippen molar-refractivity contribution >= 4 is 11.8 Å². The predicted octanol–water partition coefficient (Wildman–Crippen LogP) is 3.67. The summed E-state index contributed by atoms with van der Waals surface area (Å²) in [5.74, 6) is -2.35. The van der Waals surface area contributed by atoms with Crippen molar-refractivity contribution in [3.8, 4) is 0 Å². The second kappa shape index (κ2) is 6.08. The molecule has 84 valence electrons. The molecule has 0 fully saturated rings. The first-order chi connectivity index (χ1) is 7.13. The van der Waals surface area contributed by atoms with Crippen LogP contribution < -0.4 is 5.32 Å². The van der Waals surface area contributed by atoms with E-state index in [4.69, 9.17) is 0 Å². The van der Waals surface area contributed by atoms with Gasteiger partial charge in [-0.1, -0.05) is 30.8 Å². The number of nitrogens with one attached hydrogen (secondary N) is 1. The maximum atomic E-state index is 12.1. The zero-order valence-corrected chi connectivity index (χ0v) is 9.65. The number of rotatable bonds is 5. The van der Waals surface area contributed by atoms with E-state index in [-0.39, 0.29) is 6.04 Å². The highest BCUT2D eigenvalue weighted by atomic mass is 32.2. The van der Waals surface area contributed by atoms with E-state index >= 15 is 0 Å². The molecule has 1 atom stereocenters. The van der Waals surface area contributed by atoms with Crippen molar-refractivity contribution in [3.63, 3.8) is 0 Å². The molecule has 0 bridgehead atoms. The Hall–Kier alpha value is -0.610. The van der Waals surface area contributed by atoms with E-state index in [9.17, 15) is 8.78 Å². The monoisotopic (exact) mass is 231 g/mol. The zero-order chi connectivity index (χ0) is 11.3. The van der Waals surface area contributed by atoms with Gasteiger partial charge in [0.05, 0.1) is 0 Å². The third kappa shape index (κ3) is 4.18. The van der Waals surface area contributed by atoms with Crippen LogP contribution in [0.2, 0.25) is 0 Å². The topological polar surface area (TPSA) is 12.0 Å². The molecule has 1 aromatic rings. The van der Waals surface area contributed by atoms with Crippen LogP contribution in [0.5, 0.6) is 0 Å². The molecule has 0 heterocycles. The average Bonchev–Trinajstić information content (AvgIpc) is 2.17. The molecule has 0 aromatic heterocycles. The fourth-order valence-electron chi connectivity index (χ4n) is 1.38. The maximum Gasteiger partial charge on any atom is 0.288 e. The predicted molar refractivity (Wildman–Crippen MR) is 60.4 cm³/mol. The summed E-state index contributed by atoms with van der Waals surface area (Å²) in [6, 6.07) is 7.48. The Kier molecular flexibility index (Phi) is 5.05. The minimum atomic E-state index is -2.35. The standard InChI is InChI=1S/C11H15F2NS/c1-3-14-8(2)9-5-4-6-10(7-9)15-11(12)13/h4-8,11,14H,3H2,1-2H3. The van der Waals surface area contributed by atoms with Crippen molar-refractivity contribution in [1.82, 2.24) is 5.32 Å². The summed E-state index contributed by atoms with van der Waals surface area (Å²) in [5, 5.41) is 3.25. The molecule has 1 aromatic carbocycles. The Bertz CT molecular complexity index is 304. The molecule has 0 amide bonds. The first kappa shape index (κ1) is 12.5. The molecule has 1 nitrogen and oxygen atoms in total. The van der Waals surface area contributed by atoms with Gasteiger partial charge in [0.25, 0.3) is 5.76 Å². The number of hydrogen-bond donors (Lipinski definition) is 1. The maximum absolute atomic E-state index is 12.1. The molecule has 0 saturated heterocycles. The number of alkyl halides is 2. The van der Waals surface area contributed by atoms with Crippen LogP contribution in [-0.2, 0) is 0 Å². The van der Waals surface area contributed by atoms with Crippen LogP contribution in [-0.4, -0.2) is 12.3 Å². The molecule has 1 N–H and O–H groups in total.